The van der Waals surface area contributed by atoms with Gasteiger partial charge in [-0.15, -0.1) is 10.2 Å². The minimum Gasteiger partial charge on any atom is -0.311 e. The molecular formula is C15H13FN4O2S2. The largest absolute Gasteiger partial charge is 0.311 e. The van der Waals surface area contributed by atoms with Crippen molar-refractivity contribution >= 4 is 27.5 Å². The number of benzene rings is 2. The first-order valence-electron chi connectivity index (χ1n) is 6.84. The zero-order valence-corrected chi connectivity index (χ0v) is 14.2. The van der Waals surface area contributed by atoms with Crippen molar-refractivity contribution in [2.75, 3.05) is 4.72 Å². The molecular weight excluding hydrogens is 351 g/mol. The van der Waals surface area contributed by atoms with E-state index >= 15 is 0 Å². The molecule has 2 aromatic carbocycles. The molecule has 0 fully saturated rings. The fourth-order valence-corrected chi connectivity index (χ4v) is 3.76. The van der Waals surface area contributed by atoms with Crippen LogP contribution in [0.5, 0.6) is 0 Å². The minimum atomic E-state index is -3.83. The van der Waals surface area contributed by atoms with Crippen molar-refractivity contribution in [3.63, 3.8) is 0 Å². The molecule has 0 aliphatic carbocycles. The van der Waals surface area contributed by atoms with Crippen LogP contribution in [0, 0.1) is 5.82 Å². The third-order valence-electron chi connectivity index (χ3n) is 3.09. The van der Waals surface area contributed by atoms with Gasteiger partial charge in [0.25, 0.3) is 10.0 Å². The van der Waals surface area contributed by atoms with Crippen LogP contribution in [0.25, 0.3) is 0 Å². The minimum absolute atomic E-state index is 0.125. The molecule has 6 nitrogen and oxygen atoms in total. The lowest BCUT2D eigenvalue weighted by molar-refractivity contribution is 0.595. The fourth-order valence-electron chi connectivity index (χ4n) is 1.91. The van der Waals surface area contributed by atoms with Crippen molar-refractivity contribution < 1.29 is 12.8 Å². The summed E-state index contributed by atoms with van der Waals surface area (Å²) in [5, 5.41) is 8.49. The monoisotopic (exact) mass is 364 g/mol. The first kappa shape index (κ1) is 16.5. The van der Waals surface area contributed by atoms with Gasteiger partial charge in [0.05, 0.1) is 4.90 Å². The van der Waals surface area contributed by atoms with Crippen LogP contribution in [0.2, 0.25) is 0 Å². The highest BCUT2D eigenvalue weighted by Gasteiger charge is 2.15. The van der Waals surface area contributed by atoms with Gasteiger partial charge >= 0.3 is 0 Å². The molecule has 0 aliphatic heterocycles. The van der Waals surface area contributed by atoms with E-state index in [4.69, 9.17) is 0 Å². The number of sulfonamides is 1. The predicted octanol–water partition coefficient (Wildman–Crippen LogP) is 2.91. The fraction of sp³-hybridized carbons (Fsp3) is 0.0667. The number of nitrogens with one attached hydrogen (secondary N) is 1. The normalized spacial score (nSPS) is 11.4. The molecule has 1 aromatic heterocycles. The maximum Gasteiger partial charge on any atom is 0.261 e. The summed E-state index contributed by atoms with van der Waals surface area (Å²) >= 11 is 1.41. The molecule has 9 heteroatoms. The van der Waals surface area contributed by atoms with E-state index in [0.29, 0.717) is 5.69 Å². The molecule has 1 heterocycles. The van der Waals surface area contributed by atoms with Crippen molar-refractivity contribution in [3.05, 3.63) is 60.7 Å². The summed E-state index contributed by atoms with van der Waals surface area (Å²) in [6.45, 7) is 0. The van der Waals surface area contributed by atoms with Gasteiger partial charge in [-0.1, -0.05) is 6.07 Å². The second-order valence-electron chi connectivity index (χ2n) is 4.91. The molecule has 3 aromatic rings. The zero-order chi connectivity index (χ0) is 17.2. The first-order valence-corrected chi connectivity index (χ1v) is 9.14. The zero-order valence-electron chi connectivity index (χ0n) is 12.5. The first-order chi connectivity index (χ1) is 11.4. The van der Waals surface area contributed by atoms with E-state index in [-0.39, 0.29) is 4.90 Å². The summed E-state index contributed by atoms with van der Waals surface area (Å²) in [5.41, 5.74) is 0.390. The molecule has 0 bridgehead atoms. The van der Waals surface area contributed by atoms with E-state index < -0.39 is 15.8 Å². The van der Waals surface area contributed by atoms with Crippen molar-refractivity contribution in [2.45, 2.75) is 14.9 Å². The highest BCUT2D eigenvalue weighted by Crippen LogP contribution is 2.27. The molecule has 0 saturated heterocycles. The summed E-state index contributed by atoms with van der Waals surface area (Å²) in [7, 11) is -1.99. The maximum atomic E-state index is 13.2. The standard InChI is InChI=1S/C15H13FN4O2S2/c1-20-10-17-18-15(20)23-13-7-5-12(6-8-13)19-24(21,22)14-4-2-3-11(16)9-14/h2-10,19H,1H3. The van der Waals surface area contributed by atoms with Gasteiger partial charge < -0.3 is 4.57 Å². The van der Waals surface area contributed by atoms with Crippen LogP contribution in [0.15, 0.2) is 69.8 Å². The van der Waals surface area contributed by atoms with Crippen LogP contribution in [0.4, 0.5) is 10.1 Å². The van der Waals surface area contributed by atoms with Crippen LogP contribution in [-0.2, 0) is 17.1 Å². The van der Waals surface area contributed by atoms with Crippen LogP contribution < -0.4 is 4.72 Å². The second kappa shape index (κ2) is 6.62. The van der Waals surface area contributed by atoms with E-state index in [2.05, 4.69) is 14.9 Å². The highest BCUT2D eigenvalue weighted by molar-refractivity contribution is 7.99. The van der Waals surface area contributed by atoms with Gasteiger partial charge in [0, 0.05) is 17.6 Å². The van der Waals surface area contributed by atoms with E-state index in [1.807, 2.05) is 7.05 Å². The quantitative estimate of drug-likeness (QED) is 0.753. The number of aryl methyl sites for hydroxylation is 1. The molecule has 0 spiro atoms. The number of hydrogen-bond donors (Lipinski definition) is 1. The summed E-state index contributed by atoms with van der Waals surface area (Å²) < 4.78 is 41.9. The van der Waals surface area contributed by atoms with Gasteiger partial charge in [0.2, 0.25) is 0 Å². The van der Waals surface area contributed by atoms with Gasteiger partial charge in [-0.05, 0) is 54.2 Å². The van der Waals surface area contributed by atoms with Gasteiger partial charge in [0.1, 0.15) is 12.1 Å². The molecule has 3 rings (SSSR count). The Bertz CT molecular complexity index is 956. The molecule has 0 radical (unpaired) electrons. The van der Waals surface area contributed by atoms with E-state index in [9.17, 15) is 12.8 Å². The summed E-state index contributed by atoms with van der Waals surface area (Å²) in [4.78, 5) is 0.764. The van der Waals surface area contributed by atoms with Crippen LogP contribution in [0.1, 0.15) is 0 Å². The lowest BCUT2D eigenvalue weighted by Crippen LogP contribution is -2.13. The predicted molar refractivity (Wildman–Crippen MR) is 88.8 cm³/mol. The Labute approximate surface area is 142 Å². The third kappa shape index (κ3) is 3.74. The van der Waals surface area contributed by atoms with Gasteiger partial charge in [0.15, 0.2) is 5.16 Å². The molecule has 124 valence electrons. The lowest BCUT2D eigenvalue weighted by Gasteiger charge is -2.09. The molecule has 0 aliphatic rings. The second-order valence-corrected chi connectivity index (χ2v) is 7.64. The average molecular weight is 364 g/mol. The Morgan fingerprint density at radius 3 is 2.54 bits per heavy atom. The number of anilines is 1. The smallest absolute Gasteiger partial charge is 0.261 e. The number of aromatic nitrogens is 3. The molecule has 24 heavy (non-hydrogen) atoms. The SMILES string of the molecule is Cn1cnnc1Sc1ccc(NS(=O)(=O)c2cccc(F)c2)cc1. The Hall–Kier alpha value is -2.39. The summed E-state index contributed by atoms with van der Waals surface area (Å²) in [6, 6.07) is 11.7. The highest BCUT2D eigenvalue weighted by atomic mass is 32.2. The van der Waals surface area contributed by atoms with Crippen LogP contribution >= 0.6 is 11.8 Å². The van der Waals surface area contributed by atoms with Gasteiger partial charge in [-0.3, -0.25) is 4.72 Å². The van der Waals surface area contributed by atoms with E-state index in [1.165, 1.54) is 30.0 Å². The maximum absolute atomic E-state index is 13.2. The summed E-state index contributed by atoms with van der Waals surface area (Å²) in [6.07, 6.45) is 1.60. The van der Waals surface area contributed by atoms with Crippen molar-refractivity contribution in [2.24, 2.45) is 7.05 Å². The van der Waals surface area contributed by atoms with E-state index in [0.717, 1.165) is 16.1 Å². The Kier molecular flexibility index (Phi) is 4.54. The summed E-state index contributed by atoms with van der Waals surface area (Å²) in [5.74, 6) is -0.603. The third-order valence-corrected chi connectivity index (χ3v) is 5.53. The topological polar surface area (TPSA) is 76.9 Å². The Morgan fingerprint density at radius 1 is 1.17 bits per heavy atom. The van der Waals surface area contributed by atoms with E-state index in [1.54, 1.807) is 35.2 Å². The Morgan fingerprint density at radius 2 is 1.92 bits per heavy atom. The van der Waals surface area contributed by atoms with Gasteiger partial charge in [-0.2, -0.15) is 0 Å². The molecule has 1 N–H and O–H groups in total. The van der Waals surface area contributed by atoms with Crippen LogP contribution in [-0.4, -0.2) is 23.2 Å². The molecule has 0 saturated carbocycles. The number of hydrogen-bond acceptors (Lipinski definition) is 5. The van der Waals surface area contributed by atoms with Crippen LogP contribution in [0.3, 0.4) is 0 Å². The molecule has 0 unspecified atom stereocenters. The van der Waals surface area contributed by atoms with Crippen molar-refractivity contribution in [3.8, 4) is 0 Å². The lowest BCUT2D eigenvalue weighted by atomic mass is 10.3. The van der Waals surface area contributed by atoms with Crippen molar-refractivity contribution in [1.29, 1.82) is 0 Å². The number of nitrogens with zero attached hydrogens (tertiary/aromatic N) is 3. The van der Waals surface area contributed by atoms with Crippen molar-refractivity contribution in [1.82, 2.24) is 14.8 Å². The number of rotatable bonds is 5. The molecule has 0 amide bonds. The van der Waals surface area contributed by atoms with Gasteiger partial charge in [-0.25, -0.2) is 12.8 Å². The number of halogens is 1. The average Bonchev–Trinajstić information content (AvgIpc) is 2.94. The Balaban J connectivity index is 1.75. The molecule has 0 atom stereocenters.